The molecule has 0 aromatic rings. The van der Waals surface area contributed by atoms with Gasteiger partial charge in [-0.1, -0.05) is 41.5 Å². The van der Waals surface area contributed by atoms with Crippen LogP contribution in [0.25, 0.3) is 0 Å². The molecule has 0 saturated heterocycles. The van der Waals surface area contributed by atoms with Gasteiger partial charge in [-0.05, 0) is 234 Å². The number of carboxylic acid groups (broad SMARTS) is 2. The van der Waals surface area contributed by atoms with Crippen molar-refractivity contribution in [3.8, 4) is 0 Å². The number of fused-ring (bicyclic) bond motifs is 10. The van der Waals surface area contributed by atoms with Gasteiger partial charge in [0.15, 0.2) is 0 Å². The number of hydrogen-bond donors (Lipinski definition) is 2. The lowest BCUT2D eigenvalue weighted by Crippen LogP contribution is -2.54. The van der Waals surface area contributed by atoms with Gasteiger partial charge >= 0.3 is 23.9 Å². The number of carbonyl (C=O) groups excluding carboxylic acids is 2. The Morgan fingerprint density at radius 1 is 0.500 bits per heavy atom. The predicted molar refractivity (Wildman–Crippen MR) is 262 cm³/mol. The van der Waals surface area contributed by atoms with E-state index in [1.54, 1.807) is 14.2 Å². The molecule has 8 aliphatic rings. The Morgan fingerprint density at radius 3 is 1.24 bits per heavy atom. The first-order valence-electron chi connectivity index (χ1n) is 28.2. The van der Waals surface area contributed by atoms with Gasteiger partial charge in [-0.25, -0.2) is 0 Å². The van der Waals surface area contributed by atoms with Gasteiger partial charge in [-0.3, -0.25) is 19.2 Å². The molecule has 8 saturated carbocycles. The molecule has 8 aliphatic carbocycles. The summed E-state index contributed by atoms with van der Waals surface area (Å²) in [5, 5.41) is 19.9. The Balaban J connectivity index is 0.769. The fourth-order valence-corrected chi connectivity index (χ4v) is 19.7. The van der Waals surface area contributed by atoms with Crippen LogP contribution in [-0.4, -0.2) is 73.7 Å². The zero-order chi connectivity index (χ0) is 48.8. The Morgan fingerprint density at radius 2 is 0.868 bits per heavy atom. The standard InChI is InChI=1S/C58H94O10/c1-35(31-37(53(61)62)23-29-65-7)45-13-15-47-43-11-9-39-33-41(19-25-55(39,3)49(43)21-27-57(45,47)5)67-51(59)17-18-52(60)68-42-20-26-56(4)40(34-42)10-12-44-48-16-14-46(58(48,6)28-22-50(44)56)36(2)32-38(54(63)64)24-30-66-8/h35-50H,9-34H2,1-8H3,(H,61,62)(H,63,64)/t35?,36?,37?,38?,39?,40?,41?,42?,43?,44?,45?,46?,47?,48?,49?,50?,55-,56+,57+,58-. The van der Waals surface area contributed by atoms with Crippen LogP contribution < -0.4 is 0 Å². The van der Waals surface area contributed by atoms with E-state index in [-0.39, 0.29) is 70.5 Å². The minimum atomic E-state index is -0.685. The quantitative estimate of drug-likeness (QED) is 0.120. The summed E-state index contributed by atoms with van der Waals surface area (Å²) in [5.41, 5.74) is 1.08. The summed E-state index contributed by atoms with van der Waals surface area (Å²) < 4.78 is 22.8. The normalized spacial score (nSPS) is 43.5. The summed E-state index contributed by atoms with van der Waals surface area (Å²) >= 11 is 0. The van der Waals surface area contributed by atoms with E-state index in [2.05, 4.69) is 41.5 Å². The second-order valence-corrected chi connectivity index (χ2v) is 26.1. The monoisotopic (exact) mass is 951 g/mol. The molecule has 0 bridgehead atoms. The van der Waals surface area contributed by atoms with Crippen molar-refractivity contribution in [3.63, 3.8) is 0 Å². The molecule has 0 amide bonds. The highest BCUT2D eigenvalue weighted by atomic mass is 16.6. The maximum Gasteiger partial charge on any atom is 0.306 e. The first kappa shape index (κ1) is 52.1. The van der Waals surface area contributed by atoms with E-state index in [9.17, 15) is 29.4 Å². The van der Waals surface area contributed by atoms with Crippen LogP contribution in [0.2, 0.25) is 0 Å². The maximum absolute atomic E-state index is 13.3. The Hall–Kier alpha value is -2.20. The van der Waals surface area contributed by atoms with E-state index in [1.165, 1.54) is 77.0 Å². The van der Waals surface area contributed by atoms with Crippen molar-refractivity contribution in [2.75, 3.05) is 27.4 Å². The zero-order valence-corrected chi connectivity index (χ0v) is 43.8. The third kappa shape index (κ3) is 9.98. The van der Waals surface area contributed by atoms with E-state index in [0.29, 0.717) is 85.2 Å². The molecule has 386 valence electrons. The Kier molecular flexibility index (Phi) is 16.2. The van der Waals surface area contributed by atoms with E-state index in [4.69, 9.17) is 18.9 Å². The van der Waals surface area contributed by atoms with E-state index < -0.39 is 11.9 Å². The van der Waals surface area contributed by atoms with Crippen LogP contribution >= 0.6 is 0 Å². The van der Waals surface area contributed by atoms with Crippen molar-refractivity contribution in [3.05, 3.63) is 0 Å². The van der Waals surface area contributed by atoms with Crippen molar-refractivity contribution in [1.29, 1.82) is 0 Å². The van der Waals surface area contributed by atoms with Gasteiger partial charge < -0.3 is 29.2 Å². The SMILES string of the molecule is COCCC(CC(C)C1CCC2C3CCC4CC(OC(=O)CCC(=O)OC5CC[C@@]6(C)C(CCC7C8CCC(C(C)CC(CCOC)C(=O)O)[C@@]8(C)CCC76)C5)CC[C@@]4(C)C3CC[C@@]12C)C(=O)O. The highest BCUT2D eigenvalue weighted by Crippen LogP contribution is 2.70. The molecule has 10 nitrogen and oxygen atoms in total. The van der Waals surface area contributed by atoms with Crippen LogP contribution in [0.3, 0.4) is 0 Å². The van der Waals surface area contributed by atoms with Crippen LogP contribution in [0.15, 0.2) is 0 Å². The van der Waals surface area contributed by atoms with Crippen LogP contribution in [0.1, 0.15) is 196 Å². The first-order valence-corrected chi connectivity index (χ1v) is 28.2. The summed E-state index contributed by atoms with van der Waals surface area (Å²) in [6.07, 6.45) is 23.4. The molecular formula is C58H94O10. The number of methoxy groups -OCH3 is 2. The highest BCUT2D eigenvalue weighted by molar-refractivity contribution is 5.77. The van der Waals surface area contributed by atoms with Crippen molar-refractivity contribution >= 4 is 23.9 Å². The van der Waals surface area contributed by atoms with Crippen molar-refractivity contribution in [2.24, 2.45) is 105 Å². The molecule has 0 aliphatic heterocycles. The number of carbonyl (C=O) groups is 4. The average Bonchev–Trinajstić information content (AvgIpc) is 3.85. The van der Waals surface area contributed by atoms with Crippen molar-refractivity contribution in [2.45, 2.75) is 208 Å². The minimum absolute atomic E-state index is 0.0725. The Bertz CT molecular complexity index is 1660. The topological polar surface area (TPSA) is 146 Å². The summed E-state index contributed by atoms with van der Waals surface area (Å²) in [4.78, 5) is 50.9. The number of aliphatic carboxylic acids is 2. The second-order valence-electron chi connectivity index (χ2n) is 26.1. The smallest absolute Gasteiger partial charge is 0.306 e. The molecule has 16 unspecified atom stereocenters. The third-order valence-electron chi connectivity index (χ3n) is 23.2. The molecule has 0 heterocycles. The van der Waals surface area contributed by atoms with Gasteiger partial charge in [0.05, 0.1) is 24.7 Å². The van der Waals surface area contributed by atoms with Gasteiger partial charge in [0.1, 0.15) is 12.2 Å². The van der Waals surface area contributed by atoms with Gasteiger partial charge in [-0.15, -0.1) is 0 Å². The van der Waals surface area contributed by atoms with Crippen LogP contribution in [0.4, 0.5) is 0 Å². The molecule has 20 atom stereocenters. The lowest BCUT2D eigenvalue weighted by Gasteiger charge is -2.61. The molecule has 68 heavy (non-hydrogen) atoms. The number of hydrogen-bond acceptors (Lipinski definition) is 8. The third-order valence-corrected chi connectivity index (χ3v) is 23.2. The predicted octanol–water partition coefficient (Wildman–Crippen LogP) is 12.4. The average molecular weight is 951 g/mol. The van der Waals surface area contributed by atoms with Crippen LogP contribution in [0, 0.1) is 105 Å². The van der Waals surface area contributed by atoms with Gasteiger partial charge in [0, 0.05) is 27.4 Å². The minimum Gasteiger partial charge on any atom is -0.481 e. The molecule has 0 radical (unpaired) electrons. The number of carboxylic acids is 2. The van der Waals surface area contributed by atoms with E-state index in [0.717, 1.165) is 63.2 Å². The molecule has 10 heteroatoms. The van der Waals surface area contributed by atoms with Crippen LogP contribution in [-0.2, 0) is 38.1 Å². The lowest BCUT2D eigenvalue weighted by atomic mass is 9.44. The fraction of sp³-hybridized carbons (Fsp3) is 0.931. The van der Waals surface area contributed by atoms with E-state index >= 15 is 0 Å². The van der Waals surface area contributed by atoms with Gasteiger partial charge in [0.2, 0.25) is 0 Å². The molecule has 0 aromatic heterocycles. The lowest BCUT2D eigenvalue weighted by molar-refractivity contribution is -0.168. The molecule has 8 fully saturated rings. The second kappa shape index (κ2) is 21.1. The van der Waals surface area contributed by atoms with E-state index in [1.807, 2.05) is 0 Å². The Labute approximate surface area is 410 Å². The van der Waals surface area contributed by atoms with Crippen LogP contribution in [0.5, 0.6) is 0 Å². The summed E-state index contributed by atoms with van der Waals surface area (Å²) in [6.45, 7) is 15.8. The number of rotatable bonds is 19. The summed E-state index contributed by atoms with van der Waals surface area (Å²) in [6, 6.07) is 0. The number of ether oxygens (including phenoxy) is 4. The van der Waals surface area contributed by atoms with Gasteiger partial charge in [-0.2, -0.15) is 0 Å². The molecule has 0 aromatic carbocycles. The van der Waals surface area contributed by atoms with Crippen molar-refractivity contribution in [1.82, 2.24) is 0 Å². The molecular weight excluding hydrogens is 857 g/mol. The molecule has 0 spiro atoms. The van der Waals surface area contributed by atoms with Gasteiger partial charge in [0.25, 0.3) is 0 Å². The van der Waals surface area contributed by atoms with Crippen molar-refractivity contribution < 1.29 is 48.3 Å². The highest BCUT2D eigenvalue weighted by Gasteiger charge is 2.63. The zero-order valence-electron chi connectivity index (χ0n) is 43.8. The summed E-state index contributed by atoms with van der Waals surface area (Å²) in [5.74, 6) is 4.75. The molecule has 2 N–H and O–H groups in total. The number of esters is 2. The fourth-order valence-electron chi connectivity index (χ4n) is 19.7. The maximum atomic E-state index is 13.3. The largest absolute Gasteiger partial charge is 0.481 e. The first-order chi connectivity index (χ1) is 32.4. The summed E-state index contributed by atoms with van der Waals surface area (Å²) in [7, 11) is 3.31. The molecule has 8 rings (SSSR count).